The third kappa shape index (κ3) is 3.97. The minimum absolute atomic E-state index is 0.361. The Labute approximate surface area is 88.0 Å². The molecule has 0 aromatic carbocycles. The van der Waals surface area contributed by atoms with Crippen LogP contribution in [-0.2, 0) is 9.47 Å². The summed E-state index contributed by atoms with van der Waals surface area (Å²) in [4.78, 5) is 0. The molecule has 0 spiro atoms. The zero-order valence-electron chi connectivity index (χ0n) is 9.79. The lowest BCUT2D eigenvalue weighted by molar-refractivity contribution is 0.00276. The van der Waals surface area contributed by atoms with Crippen LogP contribution in [0, 0.1) is 11.8 Å². The van der Waals surface area contributed by atoms with Gasteiger partial charge in [0, 0.05) is 13.7 Å². The Bertz CT molecular complexity index is 143. The minimum atomic E-state index is 0.361. The highest BCUT2D eigenvalue weighted by atomic mass is 16.5. The van der Waals surface area contributed by atoms with E-state index in [-0.39, 0.29) is 0 Å². The summed E-state index contributed by atoms with van der Waals surface area (Å²) in [7, 11) is 1.80. The van der Waals surface area contributed by atoms with Crippen molar-refractivity contribution in [1.29, 1.82) is 0 Å². The largest absolute Gasteiger partial charge is 0.384 e. The molecule has 1 saturated carbocycles. The Morgan fingerprint density at radius 2 is 1.64 bits per heavy atom. The fourth-order valence-corrected chi connectivity index (χ4v) is 2.25. The molecule has 1 aliphatic carbocycles. The topological polar surface area (TPSA) is 18.5 Å². The lowest BCUT2D eigenvalue weighted by atomic mass is 9.80. The van der Waals surface area contributed by atoms with Crippen LogP contribution in [-0.4, -0.2) is 26.4 Å². The lowest BCUT2D eigenvalue weighted by Gasteiger charge is -2.31. The van der Waals surface area contributed by atoms with Gasteiger partial charge in [0.15, 0.2) is 0 Å². The van der Waals surface area contributed by atoms with Crippen LogP contribution in [0.5, 0.6) is 0 Å². The van der Waals surface area contributed by atoms with E-state index < -0.39 is 0 Å². The predicted octanol–water partition coefficient (Wildman–Crippen LogP) is 2.86. The van der Waals surface area contributed by atoms with Gasteiger partial charge in [0.25, 0.3) is 0 Å². The van der Waals surface area contributed by atoms with Gasteiger partial charge in [-0.05, 0) is 38.5 Å². The quantitative estimate of drug-likeness (QED) is 0.679. The molecule has 0 amide bonds. The van der Waals surface area contributed by atoms with Gasteiger partial charge in [0.2, 0.25) is 0 Å². The highest BCUT2D eigenvalue weighted by molar-refractivity contribution is 4.75. The molecule has 0 radical (unpaired) electrons. The molecule has 1 aliphatic rings. The van der Waals surface area contributed by atoms with Crippen molar-refractivity contribution in [3.63, 3.8) is 0 Å². The summed E-state index contributed by atoms with van der Waals surface area (Å²) in [5, 5.41) is 0. The Balaban J connectivity index is 2.30. The maximum absolute atomic E-state index is 5.70. The summed E-state index contributed by atoms with van der Waals surface area (Å²) < 4.78 is 11.0. The van der Waals surface area contributed by atoms with E-state index in [2.05, 4.69) is 13.8 Å². The molecule has 0 unspecified atom stereocenters. The first kappa shape index (κ1) is 12.0. The van der Waals surface area contributed by atoms with Gasteiger partial charge < -0.3 is 9.47 Å². The fourth-order valence-electron chi connectivity index (χ4n) is 2.25. The maximum Gasteiger partial charge on any atom is 0.0519 e. The molecule has 2 nitrogen and oxygen atoms in total. The van der Waals surface area contributed by atoms with E-state index in [4.69, 9.17) is 9.47 Å². The molecular formula is C12H24O2. The maximum atomic E-state index is 5.70. The van der Waals surface area contributed by atoms with Crippen LogP contribution >= 0.6 is 0 Å². The smallest absolute Gasteiger partial charge is 0.0519 e. The normalized spacial score (nSPS) is 28.3. The van der Waals surface area contributed by atoms with E-state index in [9.17, 15) is 0 Å². The van der Waals surface area contributed by atoms with Crippen LogP contribution in [0.1, 0.15) is 39.5 Å². The van der Waals surface area contributed by atoms with Gasteiger partial charge in [-0.2, -0.15) is 0 Å². The monoisotopic (exact) mass is 200 g/mol. The van der Waals surface area contributed by atoms with Crippen LogP contribution in [0.15, 0.2) is 0 Å². The van der Waals surface area contributed by atoms with Gasteiger partial charge in [0.1, 0.15) is 0 Å². The lowest BCUT2D eigenvalue weighted by Crippen LogP contribution is -2.28. The van der Waals surface area contributed by atoms with Crippen LogP contribution < -0.4 is 0 Å². The molecule has 0 bridgehead atoms. The van der Waals surface area contributed by atoms with E-state index in [0.717, 1.165) is 25.0 Å². The molecular weight excluding hydrogens is 176 g/mol. The van der Waals surface area contributed by atoms with Crippen molar-refractivity contribution in [1.82, 2.24) is 0 Å². The molecule has 1 rings (SSSR count). The third-order valence-corrected chi connectivity index (χ3v) is 3.09. The molecule has 0 N–H and O–H groups in total. The van der Waals surface area contributed by atoms with Crippen LogP contribution in [0.2, 0.25) is 0 Å². The van der Waals surface area contributed by atoms with Crippen molar-refractivity contribution in [3.05, 3.63) is 0 Å². The van der Waals surface area contributed by atoms with Crippen LogP contribution in [0.25, 0.3) is 0 Å². The summed E-state index contributed by atoms with van der Waals surface area (Å²) in [5.74, 6) is 1.46. The molecule has 0 heterocycles. The average Bonchev–Trinajstić information content (AvgIpc) is 2.17. The molecule has 0 saturated heterocycles. The summed E-state index contributed by atoms with van der Waals surface area (Å²) >= 11 is 0. The van der Waals surface area contributed by atoms with Crippen molar-refractivity contribution >= 4 is 0 Å². The second kappa shape index (κ2) is 6.41. The van der Waals surface area contributed by atoms with Crippen molar-refractivity contribution in [3.8, 4) is 0 Å². The molecule has 0 aromatic rings. The van der Waals surface area contributed by atoms with Gasteiger partial charge >= 0.3 is 0 Å². The van der Waals surface area contributed by atoms with Crippen molar-refractivity contribution < 1.29 is 9.47 Å². The van der Waals surface area contributed by atoms with Crippen molar-refractivity contribution in [2.24, 2.45) is 11.8 Å². The molecule has 1 fully saturated rings. The van der Waals surface area contributed by atoms with Gasteiger partial charge in [-0.25, -0.2) is 0 Å². The van der Waals surface area contributed by atoms with Crippen molar-refractivity contribution in [2.75, 3.05) is 20.3 Å². The Morgan fingerprint density at radius 1 is 1.07 bits per heavy atom. The number of methoxy groups -OCH3 is 1. The molecule has 0 aromatic heterocycles. The van der Waals surface area contributed by atoms with E-state index in [1.165, 1.54) is 25.7 Å². The zero-order chi connectivity index (χ0) is 10.4. The highest BCUT2D eigenvalue weighted by Crippen LogP contribution is 2.30. The molecule has 2 heteroatoms. The van der Waals surface area contributed by atoms with Gasteiger partial charge in [-0.15, -0.1) is 0 Å². The van der Waals surface area contributed by atoms with Crippen LogP contribution in [0.4, 0.5) is 0 Å². The number of ether oxygens (including phenoxy) is 2. The molecule has 14 heavy (non-hydrogen) atoms. The summed E-state index contributed by atoms with van der Waals surface area (Å²) in [6.07, 6.45) is 5.74. The number of hydrogen-bond acceptors (Lipinski definition) is 2. The van der Waals surface area contributed by atoms with Crippen molar-refractivity contribution in [2.45, 2.75) is 45.6 Å². The second-order valence-electron chi connectivity index (χ2n) is 4.64. The predicted molar refractivity (Wildman–Crippen MR) is 58.4 cm³/mol. The molecule has 0 aliphatic heterocycles. The summed E-state index contributed by atoms with van der Waals surface area (Å²) in [6.45, 7) is 6.04. The number of rotatable bonds is 5. The first-order chi connectivity index (χ1) is 6.74. The first-order valence-electron chi connectivity index (χ1n) is 5.84. The fraction of sp³-hybridized carbons (Fsp3) is 1.00. The van der Waals surface area contributed by atoms with E-state index in [0.29, 0.717) is 6.10 Å². The Hall–Kier alpha value is -0.0800. The van der Waals surface area contributed by atoms with E-state index >= 15 is 0 Å². The molecule has 2 atom stereocenters. The Kier molecular flexibility index (Phi) is 5.49. The van der Waals surface area contributed by atoms with Gasteiger partial charge in [-0.3, -0.25) is 0 Å². The highest BCUT2D eigenvalue weighted by Gasteiger charge is 2.25. The van der Waals surface area contributed by atoms with E-state index in [1.54, 1.807) is 7.11 Å². The van der Waals surface area contributed by atoms with Gasteiger partial charge in [0.05, 0.1) is 12.7 Å². The number of hydrogen-bond donors (Lipinski definition) is 0. The summed E-state index contributed by atoms with van der Waals surface area (Å²) in [5.41, 5.74) is 0. The van der Waals surface area contributed by atoms with Gasteiger partial charge in [-0.1, -0.05) is 12.8 Å². The second-order valence-corrected chi connectivity index (χ2v) is 4.64. The third-order valence-electron chi connectivity index (χ3n) is 3.09. The summed E-state index contributed by atoms with van der Waals surface area (Å²) in [6, 6.07) is 0. The zero-order valence-corrected chi connectivity index (χ0v) is 9.79. The standard InChI is InChI=1S/C12H24O2/c1-10(2)14-9-12-7-5-4-6-11(12)8-13-3/h10-12H,4-9H2,1-3H3/t11-,12+/m0/s1. The average molecular weight is 200 g/mol. The molecule has 84 valence electrons. The first-order valence-corrected chi connectivity index (χ1v) is 5.84. The van der Waals surface area contributed by atoms with E-state index in [1.807, 2.05) is 0 Å². The minimum Gasteiger partial charge on any atom is -0.384 e. The van der Waals surface area contributed by atoms with Crippen LogP contribution in [0.3, 0.4) is 0 Å². The SMILES string of the molecule is COC[C@@H]1CCCC[C@@H]1COC(C)C. The Morgan fingerprint density at radius 3 is 2.14 bits per heavy atom.